The lowest BCUT2D eigenvalue weighted by Gasteiger charge is -2.20. The number of aromatic nitrogens is 1. The summed E-state index contributed by atoms with van der Waals surface area (Å²) < 4.78 is 27.3. The second-order valence-electron chi connectivity index (χ2n) is 6.10. The van der Waals surface area contributed by atoms with Gasteiger partial charge in [-0.15, -0.1) is 11.3 Å². The Kier molecular flexibility index (Phi) is 4.92. The molecule has 1 atom stereocenters. The lowest BCUT2D eigenvalue weighted by atomic mass is 10.0. The molecule has 1 aliphatic heterocycles. The van der Waals surface area contributed by atoms with Crippen LogP contribution in [-0.4, -0.2) is 22.0 Å². The van der Waals surface area contributed by atoms with E-state index >= 15 is 0 Å². The minimum atomic E-state index is -0.507. The van der Waals surface area contributed by atoms with Crippen molar-refractivity contribution in [1.29, 1.82) is 0 Å². The molecule has 0 radical (unpaired) electrons. The highest BCUT2D eigenvalue weighted by molar-refractivity contribution is 7.98. The molecule has 0 bridgehead atoms. The zero-order chi connectivity index (χ0) is 17.3. The van der Waals surface area contributed by atoms with Gasteiger partial charge in [0.05, 0.1) is 15.6 Å². The molecule has 0 fully saturated rings. The molecule has 3 rings (SSSR count). The van der Waals surface area contributed by atoms with Gasteiger partial charge >= 0.3 is 0 Å². The summed E-state index contributed by atoms with van der Waals surface area (Å²) in [4.78, 5) is 11.1. The second kappa shape index (κ2) is 6.80. The minimum absolute atomic E-state index is 0.110. The van der Waals surface area contributed by atoms with Crippen molar-refractivity contribution in [1.82, 2.24) is 4.98 Å². The molecule has 1 aromatic heterocycles. The number of aryl methyl sites for hydroxylation is 2. The molecule has 0 spiro atoms. The third kappa shape index (κ3) is 3.62. The summed E-state index contributed by atoms with van der Waals surface area (Å²) in [6.07, 6.45) is 0.669. The first-order valence-corrected chi connectivity index (χ1v) is 9.55. The highest BCUT2D eigenvalue weighted by atomic mass is 32.2. The van der Waals surface area contributed by atoms with E-state index in [1.165, 1.54) is 30.0 Å². The van der Waals surface area contributed by atoms with Crippen LogP contribution in [0.3, 0.4) is 0 Å². The Morgan fingerprint density at radius 3 is 2.62 bits per heavy atom. The quantitative estimate of drug-likeness (QED) is 0.756. The standard InChI is InChI=1S/C17H18F2N2OS2/c1-10-16(24-11(2)20-10)15-7-17(3,22-21-15)9-23-8-12-13(18)5-4-6-14(12)19/h4-6H,7-9H2,1-3H3. The monoisotopic (exact) mass is 368 g/mol. The number of thiazole rings is 1. The number of hydrogen-bond donors (Lipinski definition) is 0. The minimum Gasteiger partial charge on any atom is -0.388 e. The van der Waals surface area contributed by atoms with Crippen LogP contribution in [0.25, 0.3) is 0 Å². The van der Waals surface area contributed by atoms with Crippen molar-refractivity contribution in [3.8, 4) is 0 Å². The van der Waals surface area contributed by atoms with E-state index in [0.717, 1.165) is 21.3 Å². The van der Waals surface area contributed by atoms with E-state index in [4.69, 9.17) is 4.84 Å². The zero-order valence-corrected chi connectivity index (χ0v) is 15.4. The molecule has 24 heavy (non-hydrogen) atoms. The van der Waals surface area contributed by atoms with Gasteiger partial charge in [0, 0.05) is 23.5 Å². The lowest BCUT2D eigenvalue weighted by molar-refractivity contribution is 0.0163. The Balaban J connectivity index is 1.60. The van der Waals surface area contributed by atoms with Crippen LogP contribution in [0.1, 0.15) is 34.5 Å². The molecule has 1 aliphatic rings. The van der Waals surface area contributed by atoms with Gasteiger partial charge in [-0.05, 0) is 32.9 Å². The average Bonchev–Trinajstić information content (AvgIpc) is 3.05. The van der Waals surface area contributed by atoms with E-state index in [-0.39, 0.29) is 11.3 Å². The summed E-state index contributed by atoms with van der Waals surface area (Å²) in [7, 11) is 0. The number of thioether (sulfide) groups is 1. The third-order valence-corrected chi connectivity index (χ3v) is 6.23. The fourth-order valence-electron chi connectivity index (χ4n) is 2.62. The first kappa shape index (κ1) is 17.4. The highest BCUT2D eigenvalue weighted by Gasteiger charge is 2.36. The van der Waals surface area contributed by atoms with Gasteiger partial charge in [-0.2, -0.15) is 11.8 Å². The van der Waals surface area contributed by atoms with Gasteiger partial charge < -0.3 is 4.84 Å². The van der Waals surface area contributed by atoms with E-state index in [2.05, 4.69) is 10.1 Å². The van der Waals surface area contributed by atoms with Crippen LogP contribution in [0.2, 0.25) is 0 Å². The molecule has 1 aromatic carbocycles. The van der Waals surface area contributed by atoms with Gasteiger partial charge in [0.25, 0.3) is 0 Å². The van der Waals surface area contributed by atoms with Gasteiger partial charge in [-0.1, -0.05) is 11.2 Å². The van der Waals surface area contributed by atoms with Crippen LogP contribution >= 0.6 is 23.1 Å². The molecule has 2 heterocycles. The molecule has 0 saturated carbocycles. The van der Waals surface area contributed by atoms with Gasteiger partial charge in [0.15, 0.2) is 0 Å². The maximum atomic E-state index is 13.7. The number of benzene rings is 1. The topological polar surface area (TPSA) is 34.5 Å². The lowest BCUT2D eigenvalue weighted by Crippen LogP contribution is -2.28. The Hall–Kier alpha value is -1.47. The number of hydrogen-bond acceptors (Lipinski definition) is 5. The molecule has 0 amide bonds. The molecule has 2 aromatic rings. The first-order chi connectivity index (χ1) is 11.4. The summed E-state index contributed by atoms with van der Waals surface area (Å²) in [6, 6.07) is 3.94. The normalized spacial score (nSPS) is 20.1. The van der Waals surface area contributed by atoms with Gasteiger partial charge in [-0.25, -0.2) is 13.8 Å². The van der Waals surface area contributed by atoms with Crippen molar-refractivity contribution in [3.63, 3.8) is 0 Å². The Labute approximate surface area is 148 Å². The van der Waals surface area contributed by atoms with Crippen molar-refractivity contribution in [2.45, 2.75) is 38.5 Å². The van der Waals surface area contributed by atoms with Crippen molar-refractivity contribution >= 4 is 28.8 Å². The number of oxime groups is 1. The molecular formula is C17H18F2N2OS2. The number of nitrogens with zero attached hydrogens (tertiary/aromatic N) is 2. The van der Waals surface area contributed by atoms with Crippen molar-refractivity contribution in [3.05, 3.63) is 51.0 Å². The number of halogens is 2. The Morgan fingerprint density at radius 2 is 2.00 bits per heavy atom. The third-order valence-electron chi connectivity index (χ3n) is 3.80. The predicted octanol–water partition coefficient (Wildman–Crippen LogP) is 4.85. The Morgan fingerprint density at radius 1 is 1.29 bits per heavy atom. The van der Waals surface area contributed by atoms with Crippen molar-refractivity contribution in [2.24, 2.45) is 5.16 Å². The largest absolute Gasteiger partial charge is 0.388 e. The molecule has 0 aliphatic carbocycles. The van der Waals surface area contributed by atoms with Crippen LogP contribution in [-0.2, 0) is 10.6 Å². The summed E-state index contributed by atoms with van der Waals surface area (Å²) in [6.45, 7) is 5.90. The summed E-state index contributed by atoms with van der Waals surface area (Å²) >= 11 is 3.06. The molecule has 7 heteroatoms. The highest BCUT2D eigenvalue weighted by Crippen LogP contribution is 2.33. The van der Waals surface area contributed by atoms with Crippen LogP contribution in [0.15, 0.2) is 23.4 Å². The van der Waals surface area contributed by atoms with Crippen LogP contribution in [0, 0.1) is 25.5 Å². The maximum Gasteiger partial charge on any atom is 0.149 e. The molecule has 0 saturated heterocycles. The predicted molar refractivity (Wildman–Crippen MR) is 94.8 cm³/mol. The molecule has 1 unspecified atom stereocenters. The average molecular weight is 368 g/mol. The van der Waals surface area contributed by atoms with Gasteiger partial charge in [-0.3, -0.25) is 0 Å². The van der Waals surface area contributed by atoms with Crippen molar-refractivity contribution in [2.75, 3.05) is 5.75 Å². The molecular weight excluding hydrogens is 350 g/mol. The van der Waals surface area contributed by atoms with E-state index in [9.17, 15) is 8.78 Å². The molecule has 128 valence electrons. The fourth-order valence-corrected chi connectivity index (χ4v) is 4.69. The second-order valence-corrected chi connectivity index (χ2v) is 8.29. The van der Waals surface area contributed by atoms with E-state index < -0.39 is 17.2 Å². The summed E-state index contributed by atoms with van der Waals surface area (Å²) in [5, 5.41) is 5.22. The van der Waals surface area contributed by atoms with Crippen LogP contribution < -0.4 is 0 Å². The van der Waals surface area contributed by atoms with E-state index in [0.29, 0.717) is 12.2 Å². The summed E-state index contributed by atoms with van der Waals surface area (Å²) in [5.74, 6) is -0.142. The van der Waals surface area contributed by atoms with E-state index in [1.54, 1.807) is 11.3 Å². The first-order valence-electron chi connectivity index (χ1n) is 7.58. The smallest absolute Gasteiger partial charge is 0.149 e. The zero-order valence-electron chi connectivity index (χ0n) is 13.7. The Bertz CT molecular complexity index is 771. The number of rotatable bonds is 5. The van der Waals surface area contributed by atoms with Crippen LogP contribution in [0.5, 0.6) is 0 Å². The summed E-state index contributed by atoms with van der Waals surface area (Å²) in [5.41, 5.74) is 1.51. The van der Waals surface area contributed by atoms with Gasteiger partial charge in [0.1, 0.15) is 22.9 Å². The fraction of sp³-hybridized carbons (Fsp3) is 0.412. The van der Waals surface area contributed by atoms with Gasteiger partial charge in [0.2, 0.25) is 0 Å². The van der Waals surface area contributed by atoms with E-state index in [1.807, 2.05) is 20.8 Å². The molecule has 3 nitrogen and oxygen atoms in total. The maximum absolute atomic E-state index is 13.7. The SMILES string of the molecule is Cc1nc(C)c(C2=NOC(C)(CSCc3c(F)cccc3F)C2)s1. The molecule has 0 N–H and O–H groups in total. The van der Waals surface area contributed by atoms with Crippen LogP contribution in [0.4, 0.5) is 8.78 Å². The van der Waals surface area contributed by atoms with Crippen molar-refractivity contribution < 1.29 is 13.6 Å².